The Bertz CT molecular complexity index is 585. The van der Waals surface area contributed by atoms with Crippen LogP contribution in [-0.4, -0.2) is 25.7 Å². The Labute approximate surface area is 131 Å². The summed E-state index contributed by atoms with van der Waals surface area (Å²) in [6, 6.07) is 17.2. The summed E-state index contributed by atoms with van der Waals surface area (Å²) in [5.41, 5.74) is 8.11. The van der Waals surface area contributed by atoms with Crippen LogP contribution in [-0.2, 0) is 11.2 Å². The molecule has 2 rings (SSSR count). The molecule has 2 aromatic rings. The molecule has 0 unspecified atom stereocenters. The molecule has 0 aliphatic carbocycles. The van der Waals surface area contributed by atoms with Crippen LogP contribution < -0.4 is 11.1 Å². The van der Waals surface area contributed by atoms with E-state index in [0.717, 1.165) is 12.8 Å². The molecule has 0 aromatic heterocycles. The zero-order valence-electron chi connectivity index (χ0n) is 12.6. The quantitative estimate of drug-likeness (QED) is 0.581. The molecule has 0 saturated carbocycles. The highest BCUT2D eigenvalue weighted by Gasteiger charge is 2.04. The van der Waals surface area contributed by atoms with Gasteiger partial charge in [0, 0.05) is 24.4 Å². The maximum atomic E-state index is 11.9. The SMILES string of the molecule is Nc1cccc(C(=O)NCCCOCCc2ccccc2)c1. The molecule has 1 amide bonds. The first kappa shape index (κ1) is 16.0. The molecular formula is C18H22N2O2. The molecule has 0 aliphatic heterocycles. The monoisotopic (exact) mass is 298 g/mol. The van der Waals surface area contributed by atoms with Gasteiger partial charge in [0.05, 0.1) is 6.61 Å². The molecule has 22 heavy (non-hydrogen) atoms. The van der Waals surface area contributed by atoms with Crippen molar-refractivity contribution in [1.29, 1.82) is 0 Å². The molecule has 116 valence electrons. The number of ether oxygens (including phenoxy) is 1. The van der Waals surface area contributed by atoms with Crippen molar-refractivity contribution in [3.05, 3.63) is 65.7 Å². The van der Waals surface area contributed by atoms with Crippen molar-refractivity contribution in [3.8, 4) is 0 Å². The second-order valence-corrected chi connectivity index (χ2v) is 5.08. The third-order valence-electron chi connectivity index (χ3n) is 3.28. The number of nitrogen functional groups attached to an aromatic ring is 1. The number of carbonyl (C=O) groups excluding carboxylic acids is 1. The first-order valence-electron chi connectivity index (χ1n) is 7.51. The minimum atomic E-state index is -0.100. The van der Waals surface area contributed by atoms with Crippen molar-refractivity contribution in [1.82, 2.24) is 5.32 Å². The molecular weight excluding hydrogens is 276 g/mol. The molecule has 4 nitrogen and oxygen atoms in total. The van der Waals surface area contributed by atoms with Gasteiger partial charge in [-0.1, -0.05) is 36.4 Å². The molecule has 0 atom stereocenters. The number of anilines is 1. The van der Waals surface area contributed by atoms with Crippen molar-refractivity contribution in [3.63, 3.8) is 0 Å². The standard InChI is InChI=1S/C18H22N2O2/c19-17-9-4-8-16(14-17)18(21)20-11-5-12-22-13-10-15-6-2-1-3-7-15/h1-4,6-9,14H,5,10-13,19H2,(H,20,21). The van der Waals surface area contributed by atoms with E-state index in [0.29, 0.717) is 31.0 Å². The molecule has 0 heterocycles. The third kappa shape index (κ3) is 5.58. The summed E-state index contributed by atoms with van der Waals surface area (Å²) in [7, 11) is 0. The van der Waals surface area contributed by atoms with Crippen LogP contribution in [0, 0.1) is 0 Å². The van der Waals surface area contributed by atoms with Gasteiger partial charge in [-0.15, -0.1) is 0 Å². The van der Waals surface area contributed by atoms with Gasteiger partial charge in [-0.2, -0.15) is 0 Å². The lowest BCUT2D eigenvalue weighted by molar-refractivity contribution is 0.0942. The molecule has 0 fully saturated rings. The summed E-state index contributed by atoms with van der Waals surface area (Å²) in [5.74, 6) is -0.100. The predicted octanol–water partition coefficient (Wildman–Crippen LogP) is 2.65. The Balaban J connectivity index is 1.55. The largest absolute Gasteiger partial charge is 0.399 e. The number of hydrogen-bond donors (Lipinski definition) is 2. The van der Waals surface area contributed by atoms with Crippen LogP contribution in [0.5, 0.6) is 0 Å². The summed E-state index contributed by atoms with van der Waals surface area (Å²) < 4.78 is 5.57. The van der Waals surface area contributed by atoms with Gasteiger partial charge in [-0.3, -0.25) is 4.79 Å². The third-order valence-corrected chi connectivity index (χ3v) is 3.28. The molecule has 0 spiro atoms. The highest BCUT2D eigenvalue weighted by Crippen LogP contribution is 2.06. The topological polar surface area (TPSA) is 64.4 Å². The fraction of sp³-hybridized carbons (Fsp3) is 0.278. The van der Waals surface area contributed by atoms with Crippen LogP contribution in [0.4, 0.5) is 5.69 Å². The molecule has 0 aliphatic rings. The average Bonchev–Trinajstić information content (AvgIpc) is 2.54. The number of amides is 1. The number of benzene rings is 2. The zero-order valence-corrected chi connectivity index (χ0v) is 12.6. The Morgan fingerprint density at radius 1 is 1.05 bits per heavy atom. The number of rotatable bonds is 8. The number of carbonyl (C=O) groups is 1. The van der Waals surface area contributed by atoms with Crippen LogP contribution in [0.3, 0.4) is 0 Å². The van der Waals surface area contributed by atoms with E-state index in [1.165, 1.54) is 5.56 Å². The molecule has 4 heteroatoms. The second kappa shape index (κ2) is 8.85. The van der Waals surface area contributed by atoms with Crippen LogP contribution >= 0.6 is 0 Å². The zero-order chi connectivity index (χ0) is 15.6. The van der Waals surface area contributed by atoms with E-state index in [1.54, 1.807) is 24.3 Å². The van der Waals surface area contributed by atoms with Gasteiger partial charge in [0.25, 0.3) is 5.91 Å². The van der Waals surface area contributed by atoms with E-state index >= 15 is 0 Å². The van der Waals surface area contributed by atoms with Crippen molar-refractivity contribution < 1.29 is 9.53 Å². The minimum absolute atomic E-state index is 0.100. The van der Waals surface area contributed by atoms with E-state index in [4.69, 9.17) is 10.5 Å². The molecule has 0 radical (unpaired) electrons. The van der Waals surface area contributed by atoms with Crippen LogP contribution in [0.2, 0.25) is 0 Å². The number of nitrogens with two attached hydrogens (primary N) is 1. The highest BCUT2D eigenvalue weighted by atomic mass is 16.5. The number of hydrogen-bond acceptors (Lipinski definition) is 3. The van der Waals surface area contributed by atoms with E-state index in [1.807, 2.05) is 18.2 Å². The lowest BCUT2D eigenvalue weighted by Crippen LogP contribution is -2.25. The lowest BCUT2D eigenvalue weighted by Gasteiger charge is -2.07. The maximum Gasteiger partial charge on any atom is 0.251 e. The summed E-state index contributed by atoms with van der Waals surface area (Å²) in [6.45, 7) is 1.94. The Morgan fingerprint density at radius 3 is 2.64 bits per heavy atom. The summed E-state index contributed by atoms with van der Waals surface area (Å²) in [6.07, 6.45) is 1.71. The summed E-state index contributed by atoms with van der Waals surface area (Å²) in [4.78, 5) is 11.9. The van der Waals surface area contributed by atoms with E-state index < -0.39 is 0 Å². The van der Waals surface area contributed by atoms with E-state index in [9.17, 15) is 4.79 Å². The van der Waals surface area contributed by atoms with Gasteiger partial charge in [-0.25, -0.2) is 0 Å². The summed E-state index contributed by atoms with van der Waals surface area (Å²) >= 11 is 0. The average molecular weight is 298 g/mol. The fourth-order valence-electron chi connectivity index (χ4n) is 2.09. The van der Waals surface area contributed by atoms with Crippen LogP contribution in [0.1, 0.15) is 22.3 Å². The smallest absolute Gasteiger partial charge is 0.251 e. The minimum Gasteiger partial charge on any atom is -0.399 e. The van der Waals surface area contributed by atoms with Crippen molar-refractivity contribution in [2.45, 2.75) is 12.8 Å². The normalized spacial score (nSPS) is 10.4. The van der Waals surface area contributed by atoms with Gasteiger partial charge >= 0.3 is 0 Å². The van der Waals surface area contributed by atoms with Crippen molar-refractivity contribution in [2.75, 3.05) is 25.5 Å². The molecule has 3 N–H and O–H groups in total. The number of nitrogens with one attached hydrogen (secondary N) is 1. The first-order chi connectivity index (χ1) is 10.8. The van der Waals surface area contributed by atoms with E-state index in [2.05, 4.69) is 17.4 Å². The molecule has 0 bridgehead atoms. The van der Waals surface area contributed by atoms with Crippen molar-refractivity contribution >= 4 is 11.6 Å². The van der Waals surface area contributed by atoms with Gasteiger partial charge in [0.15, 0.2) is 0 Å². The van der Waals surface area contributed by atoms with Gasteiger partial charge in [-0.05, 0) is 36.6 Å². The summed E-state index contributed by atoms with van der Waals surface area (Å²) in [5, 5.41) is 2.86. The molecule has 0 saturated heterocycles. The fourth-order valence-corrected chi connectivity index (χ4v) is 2.09. The Morgan fingerprint density at radius 2 is 1.86 bits per heavy atom. The first-order valence-corrected chi connectivity index (χ1v) is 7.51. The van der Waals surface area contributed by atoms with Crippen molar-refractivity contribution in [2.24, 2.45) is 0 Å². The van der Waals surface area contributed by atoms with Gasteiger partial charge in [0.2, 0.25) is 0 Å². The Hall–Kier alpha value is -2.33. The molecule has 2 aromatic carbocycles. The van der Waals surface area contributed by atoms with Gasteiger partial charge < -0.3 is 15.8 Å². The van der Waals surface area contributed by atoms with Crippen LogP contribution in [0.25, 0.3) is 0 Å². The second-order valence-electron chi connectivity index (χ2n) is 5.08. The van der Waals surface area contributed by atoms with E-state index in [-0.39, 0.29) is 5.91 Å². The van der Waals surface area contributed by atoms with Crippen LogP contribution in [0.15, 0.2) is 54.6 Å². The maximum absolute atomic E-state index is 11.9. The van der Waals surface area contributed by atoms with Gasteiger partial charge in [0.1, 0.15) is 0 Å². The Kier molecular flexibility index (Phi) is 6.45. The predicted molar refractivity (Wildman–Crippen MR) is 88.8 cm³/mol. The highest BCUT2D eigenvalue weighted by molar-refractivity contribution is 5.94. The lowest BCUT2D eigenvalue weighted by atomic mass is 10.2.